The molecule has 1 aromatic rings. The van der Waals surface area contributed by atoms with Crippen molar-refractivity contribution in [1.29, 1.82) is 0 Å². The summed E-state index contributed by atoms with van der Waals surface area (Å²) in [5, 5.41) is 2.85. The highest BCUT2D eigenvalue weighted by Gasteiger charge is 2.50. The maximum absolute atomic E-state index is 12.9. The number of amides is 3. The molecule has 0 radical (unpaired) electrons. The number of rotatable bonds is 4. The minimum Gasteiger partial charge on any atom is -0.495 e. The third kappa shape index (κ3) is 3.55. The van der Waals surface area contributed by atoms with E-state index in [1.54, 1.807) is 6.92 Å². The smallest absolute Gasteiger partial charge is 0.247 e. The molecule has 3 amide bonds. The van der Waals surface area contributed by atoms with Crippen LogP contribution < -0.4 is 10.1 Å². The van der Waals surface area contributed by atoms with Crippen LogP contribution in [0, 0.1) is 11.8 Å². The molecule has 1 aromatic carbocycles. The van der Waals surface area contributed by atoms with E-state index < -0.39 is 11.9 Å². The molecule has 0 unspecified atom stereocenters. The molecule has 28 heavy (non-hydrogen) atoms. The molecule has 0 bridgehead atoms. The molecule has 150 valence electrons. The molecule has 0 spiro atoms. The summed E-state index contributed by atoms with van der Waals surface area (Å²) in [6, 6.07) is 4.77. The number of nitrogens with zero attached hydrogens (tertiary/aromatic N) is 1. The van der Waals surface area contributed by atoms with Crippen molar-refractivity contribution in [3.8, 4) is 5.75 Å². The number of fused-ring (bicyclic) bond motifs is 1. The number of benzene rings is 1. The zero-order valence-corrected chi connectivity index (χ0v) is 17.1. The van der Waals surface area contributed by atoms with Crippen LogP contribution in [0.25, 0.3) is 0 Å². The molecule has 1 N–H and O–H groups in total. The number of allylic oxidation sites excluding steroid dienone is 2. The standard InChI is InChI=1S/C22H28N2O4/c1-13(24-20(26)15-8-6-7-9-16(15)21(24)27)19(25)23-17-12-14(22(2,3)4)10-11-18(17)28-5/h6-7,10-13,15-16H,8-9H2,1-5H3,(H,23,25)/t13-,15-,16+/m0/s1. The number of imide groups is 1. The Labute approximate surface area is 165 Å². The third-order valence-electron chi connectivity index (χ3n) is 5.63. The molecule has 3 rings (SSSR count). The van der Waals surface area contributed by atoms with Crippen LogP contribution in [-0.2, 0) is 19.8 Å². The Bertz CT molecular complexity index is 811. The number of hydrogen-bond donors (Lipinski definition) is 1. The van der Waals surface area contributed by atoms with Gasteiger partial charge < -0.3 is 10.1 Å². The lowest BCUT2D eigenvalue weighted by Gasteiger charge is -2.24. The van der Waals surface area contributed by atoms with Gasteiger partial charge in [-0.15, -0.1) is 0 Å². The first-order chi connectivity index (χ1) is 13.1. The van der Waals surface area contributed by atoms with Crippen LogP contribution in [0.3, 0.4) is 0 Å². The molecule has 0 aromatic heterocycles. The van der Waals surface area contributed by atoms with Gasteiger partial charge in [0.05, 0.1) is 24.6 Å². The predicted octanol–water partition coefficient (Wildman–Crippen LogP) is 3.27. The fourth-order valence-corrected chi connectivity index (χ4v) is 3.83. The van der Waals surface area contributed by atoms with Gasteiger partial charge in [-0.25, -0.2) is 0 Å². The Kier molecular flexibility index (Phi) is 5.33. The van der Waals surface area contributed by atoms with E-state index in [0.29, 0.717) is 24.3 Å². The summed E-state index contributed by atoms with van der Waals surface area (Å²) in [5.74, 6) is -1.06. The Balaban J connectivity index is 1.81. The summed E-state index contributed by atoms with van der Waals surface area (Å²) >= 11 is 0. The summed E-state index contributed by atoms with van der Waals surface area (Å²) in [6.45, 7) is 7.84. The maximum Gasteiger partial charge on any atom is 0.247 e. The van der Waals surface area contributed by atoms with Gasteiger partial charge in [0, 0.05) is 0 Å². The average molecular weight is 384 g/mol. The maximum atomic E-state index is 12.9. The van der Waals surface area contributed by atoms with E-state index >= 15 is 0 Å². The molecule has 6 nitrogen and oxygen atoms in total. The van der Waals surface area contributed by atoms with Crippen molar-refractivity contribution in [2.75, 3.05) is 12.4 Å². The SMILES string of the molecule is COc1ccc(C(C)(C)C)cc1NC(=O)[C@H](C)N1C(=O)[C@H]2CC=CC[C@H]2C1=O. The molecule has 1 saturated heterocycles. The van der Waals surface area contributed by atoms with Crippen molar-refractivity contribution < 1.29 is 19.1 Å². The van der Waals surface area contributed by atoms with Gasteiger partial charge in [0.25, 0.3) is 0 Å². The van der Waals surface area contributed by atoms with Crippen LogP contribution in [0.15, 0.2) is 30.4 Å². The van der Waals surface area contributed by atoms with Crippen molar-refractivity contribution in [2.45, 2.75) is 52.0 Å². The summed E-state index contributed by atoms with van der Waals surface area (Å²) in [4.78, 5) is 39.5. The average Bonchev–Trinajstić information content (AvgIpc) is 2.91. The van der Waals surface area contributed by atoms with E-state index in [9.17, 15) is 14.4 Å². The van der Waals surface area contributed by atoms with Crippen LogP contribution in [0.4, 0.5) is 5.69 Å². The lowest BCUT2D eigenvalue weighted by Crippen LogP contribution is -2.46. The Morgan fingerprint density at radius 1 is 1.14 bits per heavy atom. The monoisotopic (exact) mass is 384 g/mol. The first-order valence-electron chi connectivity index (χ1n) is 9.66. The number of hydrogen-bond acceptors (Lipinski definition) is 4. The molecular weight excluding hydrogens is 356 g/mol. The Morgan fingerprint density at radius 3 is 2.21 bits per heavy atom. The van der Waals surface area contributed by atoms with Crippen LogP contribution in [0.1, 0.15) is 46.1 Å². The summed E-state index contributed by atoms with van der Waals surface area (Å²) < 4.78 is 5.37. The lowest BCUT2D eigenvalue weighted by atomic mass is 9.85. The molecule has 6 heteroatoms. The van der Waals surface area contributed by atoms with Crippen molar-refractivity contribution in [3.63, 3.8) is 0 Å². The Hall–Kier alpha value is -2.63. The highest BCUT2D eigenvalue weighted by atomic mass is 16.5. The van der Waals surface area contributed by atoms with Gasteiger partial charge in [0.1, 0.15) is 11.8 Å². The molecule has 1 heterocycles. The molecule has 1 aliphatic heterocycles. The van der Waals surface area contributed by atoms with Crippen LogP contribution >= 0.6 is 0 Å². The second kappa shape index (κ2) is 7.41. The first-order valence-corrected chi connectivity index (χ1v) is 9.66. The van der Waals surface area contributed by atoms with E-state index in [-0.39, 0.29) is 29.1 Å². The zero-order valence-electron chi connectivity index (χ0n) is 17.1. The van der Waals surface area contributed by atoms with Crippen molar-refractivity contribution in [1.82, 2.24) is 4.90 Å². The van der Waals surface area contributed by atoms with E-state index in [0.717, 1.165) is 10.5 Å². The van der Waals surface area contributed by atoms with Crippen molar-refractivity contribution in [3.05, 3.63) is 35.9 Å². The van der Waals surface area contributed by atoms with Gasteiger partial charge in [-0.3, -0.25) is 19.3 Å². The van der Waals surface area contributed by atoms with Gasteiger partial charge in [-0.1, -0.05) is 39.0 Å². The highest BCUT2D eigenvalue weighted by molar-refractivity contribution is 6.10. The lowest BCUT2D eigenvalue weighted by molar-refractivity contribution is -0.146. The summed E-state index contributed by atoms with van der Waals surface area (Å²) in [6.07, 6.45) is 4.98. The van der Waals surface area contributed by atoms with Gasteiger partial charge in [0.2, 0.25) is 17.7 Å². The van der Waals surface area contributed by atoms with Crippen LogP contribution in [0.2, 0.25) is 0 Å². The molecular formula is C22H28N2O4. The summed E-state index contributed by atoms with van der Waals surface area (Å²) in [7, 11) is 1.54. The van der Waals surface area contributed by atoms with Crippen molar-refractivity contribution in [2.24, 2.45) is 11.8 Å². The van der Waals surface area contributed by atoms with E-state index in [4.69, 9.17) is 4.74 Å². The number of methoxy groups -OCH3 is 1. The second-order valence-electron chi connectivity index (χ2n) is 8.53. The van der Waals surface area contributed by atoms with Gasteiger partial charge in [-0.05, 0) is 42.9 Å². The van der Waals surface area contributed by atoms with Crippen molar-refractivity contribution >= 4 is 23.4 Å². The minimum atomic E-state index is -0.881. The van der Waals surface area contributed by atoms with Gasteiger partial charge in [0.15, 0.2) is 0 Å². The molecule has 1 aliphatic carbocycles. The normalized spacial score (nSPS) is 22.8. The van der Waals surface area contributed by atoms with Gasteiger partial charge >= 0.3 is 0 Å². The third-order valence-corrected chi connectivity index (χ3v) is 5.63. The molecule has 0 saturated carbocycles. The second-order valence-corrected chi connectivity index (χ2v) is 8.53. The van der Waals surface area contributed by atoms with E-state index in [1.807, 2.05) is 30.4 Å². The van der Waals surface area contributed by atoms with Crippen LogP contribution in [0.5, 0.6) is 5.75 Å². The number of likely N-dealkylation sites (tertiary alicyclic amines) is 1. The number of nitrogens with one attached hydrogen (secondary N) is 1. The topological polar surface area (TPSA) is 75.7 Å². The molecule has 1 fully saturated rings. The van der Waals surface area contributed by atoms with Crippen LogP contribution in [-0.4, -0.2) is 35.8 Å². The Morgan fingerprint density at radius 2 is 1.71 bits per heavy atom. The highest BCUT2D eigenvalue weighted by Crippen LogP contribution is 2.37. The largest absolute Gasteiger partial charge is 0.495 e. The molecule has 2 aliphatic rings. The summed E-state index contributed by atoms with van der Waals surface area (Å²) in [5.41, 5.74) is 1.48. The quantitative estimate of drug-likeness (QED) is 0.639. The fraction of sp³-hybridized carbons (Fsp3) is 0.500. The number of carbonyl (C=O) groups is 3. The fourth-order valence-electron chi connectivity index (χ4n) is 3.83. The predicted molar refractivity (Wildman–Crippen MR) is 107 cm³/mol. The van der Waals surface area contributed by atoms with E-state index in [2.05, 4.69) is 26.1 Å². The first kappa shape index (κ1) is 20.1. The zero-order chi connectivity index (χ0) is 20.6. The number of anilines is 1. The molecule has 3 atom stereocenters. The number of ether oxygens (including phenoxy) is 1. The van der Waals surface area contributed by atoms with E-state index in [1.165, 1.54) is 7.11 Å². The minimum absolute atomic E-state index is 0.0963. The van der Waals surface area contributed by atoms with Gasteiger partial charge in [-0.2, -0.15) is 0 Å². The number of carbonyl (C=O) groups excluding carboxylic acids is 3.